The number of ether oxygens (including phenoxy) is 1. The number of carbonyl (C=O) groups is 2. The van der Waals surface area contributed by atoms with Crippen molar-refractivity contribution in [1.29, 1.82) is 0 Å². The molecule has 2 amide bonds. The Hall–Kier alpha value is -2.04. The van der Waals surface area contributed by atoms with E-state index in [1.165, 1.54) is 0 Å². The van der Waals surface area contributed by atoms with Gasteiger partial charge in [0.1, 0.15) is 5.60 Å². The first kappa shape index (κ1) is 18.7. The number of benzene rings is 1. The average molecular weight is 358 g/mol. The summed E-state index contributed by atoms with van der Waals surface area (Å²) in [6.45, 7) is 11.0. The van der Waals surface area contributed by atoms with Crippen molar-refractivity contribution in [2.45, 2.75) is 70.9 Å². The van der Waals surface area contributed by atoms with Gasteiger partial charge in [-0.2, -0.15) is 0 Å². The van der Waals surface area contributed by atoms with E-state index < -0.39 is 11.0 Å². The van der Waals surface area contributed by atoms with Crippen LogP contribution >= 0.6 is 0 Å². The Morgan fingerprint density at radius 2 is 1.85 bits per heavy atom. The number of anilines is 1. The molecule has 0 N–H and O–H groups in total. The molecule has 0 spiro atoms. The highest BCUT2D eigenvalue weighted by Gasteiger charge is 2.48. The van der Waals surface area contributed by atoms with Crippen molar-refractivity contribution < 1.29 is 14.3 Å². The van der Waals surface area contributed by atoms with Gasteiger partial charge < -0.3 is 14.5 Å². The summed E-state index contributed by atoms with van der Waals surface area (Å²) in [7, 11) is 0. The van der Waals surface area contributed by atoms with Crippen LogP contribution in [0.25, 0.3) is 0 Å². The molecule has 1 aromatic rings. The van der Waals surface area contributed by atoms with Crippen LogP contribution in [-0.2, 0) is 14.9 Å². The van der Waals surface area contributed by atoms with Gasteiger partial charge in [0.15, 0.2) is 0 Å². The molecule has 2 heterocycles. The summed E-state index contributed by atoms with van der Waals surface area (Å²) in [6.07, 6.45) is 2.08. The molecule has 0 bridgehead atoms. The first-order valence-electron chi connectivity index (χ1n) is 9.58. The largest absolute Gasteiger partial charge is 0.444 e. The maximum Gasteiger partial charge on any atom is 0.410 e. The van der Waals surface area contributed by atoms with Gasteiger partial charge in [0.25, 0.3) is 0 Å². The fourth-order valence-corrected chi connectivity index (χ4v) is 3.98. The fraction of sp³-hybridized carbons (Fsp3) is 0.619. The Balaban J connectivity index is 1.74. The van der Waals surface area contributed by atoms with E-state index >= 15 is 0 Å². The van der Waals surface area contributed by atoms with Gasteiger partial charge >= 0.3 is 6.09 Å². The minimum atomic E-state index is -0.485. The third kappa shape index (κ3) is 3.19. The molecule has 1 saturated heterocycles. The maximum absolute atomic E-state index is 13.2. The molecule has 0 unspecified atom stereocenters. The second-order valence-electron chi connectivity index (χ2n) is 8.58. The van der Waals surface area contributed by atoms with Crippen LogP contribution < -0.4 is 4.90 Å². The highest BCUT2D eigenvalue weighted by Crippen LogP contribution is 2.45. The molecule has 1 fully saturated rings. The SMILES string of the molecule is CC[C@]1(C)C(=O)N(C2CCN(C(=O)OC(C)(C)C)CC2)c2ccccc21. The number of amides is 2. The number of hydrogen-bond donors (Lipinski definition) is 0. The zero-order valence-electron chi connectivity index (χ0n) is 16.5. The molecule has 1 atom stereocenters. The fourth-order valence-electron chi connectivity index (χ4n) is 3.98. The van der Waals surface area contributed by atoms with E-state index in [0.717, 1.165) is 30.5 Å². The van der Waals surface area contributed by atoms with E-state index in [4.69, 9.17) is 4.74 Å². The summed E-state index contributed by atoms with van der Waals surface area (Å²) < 4.78 is 5.47. The van der Waals surface area contributed by atoms with Gasteiger partial charge in [0.2, 0.25) is 5.91 Å². The van der Waals surface area contributed by atoms with Gasteiger partial charge in [-0.25, -0.2) is 4.79 Å². The molecule has 0 aliphatic carbocycles. The van der Waals surface area contributed by atoms with E-state index in [2.05, 4.69) is 13.0 Å². The zero-order valence-corrected chi connectivity index (χ0v) is 16.5. The number of carbonyl (C=O) groups excluding carboxylic acids is 2. The van der Waals surface area contributed by atoms with Gasteiger partial charge in [0.05, 0.1) is 5.41 Å². The smallest absolute Gasteiger partial charge is 0.410 e. The lowest BCUT2D eigenvalue weighted by Gasteiger charge is -2.38. The molecule has 142 valence electrons. The number of hydrogen-bond acceptors (Lipinski definition) is 3. The van der Waals surface area contributed by atoms with E-state index in [9.17, 15) is 9.59 Å². The first-order valence-corrected chi connectivity index (χ1v) is 9.58. The molecule has 26 heavy (non-hydrogen) atoms. The summed E-state index contributed by atoms with van der Waals surface area (Å²) in [6, 6.07) is 8.27. The van der Waals surface area contributed by atoms with E-state index in [1.54, 1.807) is 4.90 Å². The number of rotatable bonds is 2. The first-order chi connectivity index (χ1) is 12.2. The third-order valence-corrected chi connectivity index (χ3v) is 5.64. The van der Waals surface area contributed by atoms with Crippen LogP contribution in [0.1, 0.15) is 59.4 Å². The molecule has 0 aromatic heterocycles. The summed E-state index contributed by atoms with van der Waals surface area (Å²) in [5.41, 5.74) is 1.24. The average Bonchev–Trinajstić information content (AvgIpc) is 2.82. The van der Waals surface area contributed by atoms with Crippen LogP contribution in [0, 0.1) is 0 Å². The Bertz CT molecular complexity index is 701. The number of likely N-dealkylation sites (tertiary alicyclic amines) is 1. The van der Waals surface area contributed by atoms with Crippen LogP contribution in [0.4, 0.5) is 10.5 Å². The number of nitrogens with zero attached hydrogens (tertiary/aromatic N) is 2. The minimum Gasteiger partial charge on any atom is -0.444 e. The highest BCUT2D eigenvalue weighted by atomic mass is 16.6. The van der Waals surface area contributed by atoms with Crippen LogP contribution in [0.3, 0.4) is 0 Å². The summed E-state index contributed by atoms with van der Waals surface area (Å²) in [5.74, 6) is 0.192. The van der Waals surface area contributed by atoms with Crippen molar-refractivity contribution in [3.05, 3.63) is 29.8 Å². The van der Waals surface area contributed by atoms with Crippen molar-refractivity contribution in [2.75, 3.05) is 18.0 Å². The zero-order chi connectivity index (χ0) is 19.1. The van der Waals surface area contributed by atoms with Crippen molar-refractivity contribution in [2.24, 2.45) is 0 Å². The lowest BCUT2D eigenvalue weighted by molar-refractivity contribution is -0.123. The Morgan fingerprint density at radius 3 is 2.42 bits per heavy atom. The predicted molar refractivity (Wildman–Crippen MR) is 102 cm³/mol. The standard InChI is InChI=1S/C21H30N2O3/c1-6-21(5)16-9-7-8-10-17(16)23(18(21)24)15-11-13-22(14-12-15)19(25)26-20(2,3)4/h7-10,15H,6,11-14H2,1-5H3/t21-/m0/s1. The maximum atomic E-state index is 13.2. The second kappa shape index (κ2) is 6.60. The summed E-state index contributed by atoms with van der Waals surface area (Å²) >= 11 is 0. The quantitative estimate of drug-likeness (QED) is 0.800. The van der Waals surface area contributed by atoms with E-state index in [-0.39, 0.29) is 18.0 Å². The molecule has 5 nitrogen and oxygen atoms in total. The van der Waals surface area contributed by atoms with Crippen LogP contribution in [-0.4, -0.2) is 41.6 Å². The highest BCUT2D eigenvalue weighted by molar-refractivity contribution is 6.08. The predicted octanol–water partition coefficient (Wildman–Crippen LogP) is 4.10. The Morgan fingerprint density at radius 1 is 1.23 bits per heavy atom. The second-order valence-corrected chi connectivity index (χ2v) is 8.58. The molecular weight excluding hydrogens is 328 g/mol. The molecule has 0 radical (unpaired) electrons. The van der Waals surface area contributed by atoms with Crippen molar-refractivity contribution in [3.8, 4) is 0 Å². The summed E-state index contributed by atoms with van der Waals surface area (Å²) in [5, 5.41) is 0. The third-order valence-electron chi connectivity index (χ3n) is 5.64. The van der Waals surface area contributed by atoms with E-state index in [0.29, 0.717) is 13.1 Å². The Kier molecular flexibility index (Phi) is 4.76. The monoisotopic (exact) mass is 358 g/mol. The van der Waals surface area contributed by atoms with Crippen molar-refractivity contribution >= 4 is 17.7 Å². The molecule has 2 aliphatic rings. The number of fused-ring (bicyclic) bond motifs is 1. The van der Waals surface area contributed by atoms with Crippen molar-refractivity contribution in [1.82, 2.24) is 4.90 Å². The molecule has 3 rings (SSSR count). The van der Waals surface area contributed by atoms with Crippen LogP contribution in [0.15, 0.2) is 24.3 Å². The summed E-state index contributed by atoms with van der Waals surface area (Å²) in [4.78, 5) is 29.3. The molecule has 5 heteroatoms. The number of piperidine rings is 1. The number of para-hydroxylation sites is 1. The van der Waals surface area contributed by atoms with Crippen molar-refractivity contribution in [3.63, 3.8) is 0 Å². The van der Waals surface area contributed by atoms with Crippen LogP contribution in [0.5, 0.6) is 0 Å². The molecule has 1 aromatic carbocycles. The van der Waals surface area contributed by atoms with Gasteiger partial charge in [-0.1, -0.05) is 25.1 Å². The van der Waals surface area contributed by atoms with Crippen LogP contribution in [0.2, 0.25) is 0 Å². The molecular formula is C21H30N2O3. The lowest BCUT2D eigenvalue weighted by Crippen LogP contribution is -2.50. The minimum absolute atomic E-state index is 0.135. The topological polar surface area (TPSA) is 49.9 Å². The van der Waals surface area contributed by atoms with Gasteiger partial charge in [-0.05, 0) is 58.6 Å². The lowest BCUT2D eigenvalue weighted by atomic mass is 9.81. The molecule has 0 saturated carbocycles. The normalized spacial score (nSPS) is 24.0. The Labute approximate surface area is 156 Å². The van der Waals surface area contributed by atoms with E-state index in [1.807, 2.05) is 50.8 Å². The van der Waals surface area contributed by atoms with Gasteiger partial charge in [-0.3, -0.25) is 4.79 Å². The molecule has 2 aliphatic heterocycles. The van der Waals surface area contributed by atoms with Gasteiger partial charge in [-0.15, -0.1) is 0 Å². The van der Waals surface area contributed by atoms with Gasteiger partial charge in [0, 0.05) is 24.8 Å².